The lowest BCUT2D eigenvalue weighted by Crippen LogP contribution is -2.75. The van der Waals surface area contributed by atoms with Crippen LogP contribution < -0.4 is 20.7 Å². The summed E-state index contributed by atoms with van der Waals surface area (Å²) in [4.78, 5) is 3.65. The van der Waals surface area contributed by atoms with Gasteiger partial charge in [0.05, 0.1) is 40.9 Å². The third-order valence-electron chi connectivity index (χ3n) is 9.64. The highest BCUT2D eigenvalue weighted by Gasteiger charge is 2.43. The van der Waals surface area contributed by atoms with Gasteiger partial charge in [-0.3, -0.25) is 0 Å². The first-order valence-electron chi connectivity index (χ1n) is 16.3. The van der Waals surface area contributed by atoms with Crippen molar-refractivity contribution in [1.29, 1.82) is 10.5 Å². The summed E-state index contributed by atoms with van der Waals surface area (Å²) in [7, 11) is -2.93. The van der Waals surface area contributed by atoms with Crippen LogP contribution in [0.3, 0.4) is 0 Å². The Morgan fingerprint density at radius 3 is 1.64 bits per heavy atom. The fourth-order valence-corrected chi connectivity index (χ4v) is 12.4. The minimum Gasteiger partial charge on any atom is -0.309 e. The summed E-state index contributed by atoms with van der Waals surface area (Å²) < 4.78 is 2.17. The largest absolute Gasteiger partial charge is 0.309 e. The van der Waals surface area contributed by atoms with Gasteiger partial charge in [-0.15, -0.1) is 0 Å². The molecule has 7 aromatic carbocycles. The monoisotopic (exact) mass is 652 g/mol. The maximum atomic E-state index is 11.0. The van der Waals surface area contributed by atoms with E-state index in [1.54, 1.807) is 0 Å². The molecule has 50 heavy (non-hydrogen) atoms. The molecule has 1 heterocycles. The zero-order valence-electron chi connectivity index (χ0n) is 27.0. The molecular formula is C45H28N4Si. The second-order valence-corrected chi connectivity index (χ2v) is 16.0. The van der Waals surface area contributed by atoms with Gasteiger partial charge in [-0.25, -0.2) is 4.85 Å². The Bertz CT molecular complexity index is 2490. The van der Waals surface area contributed by atoms with Crippen molar-refractivity contribution in [2.75, 3.05) is 0 Å². The normalized spacial score (nSPS) is 11.1. The fourth-order valence-electron chi connectivity index (χ4n) is 7.48. The van der Waals surface area contributed by atoms with E-state index in [0.717, 1.165) is 43.8 Å². The SMILES string of the molecule is [C-]#[N+]c1ccc2c(c1)c1cc(C#N)ccc1n2-c1ccc(-c2cccc([Si](c3ccccc3)(c3ccccc3)c3ccccc3)c2C#N)cc1. The highest BCUT2D eigenvalue weighted by atomic mass is 28.3. The number of nitrogens with zero attached hydrogens (tertiary/aromatic N) is 4. The molecule has 4 nitrogen and oxygen atoms in total. The first-order valence-corrected chi connectivity index (χ1v) is 18.3. The van der Waals surface area contributed by atoms with Crippen LogP contribution >= 0.6 is 0 Å². The molecule has 0 fully saturated rings. The minimum absolute atomic E-state index is 0.555. The van der Waals surface area contributed by atoms with Gasteiger partial charge in [0.25, 0.3) is 0 Å². The number of hydrogen-bond acceptors (Lipinski definition) is 2. The smallest absolute Gasteiger partial charge is 0.188 e. The van der Waals surface area contributed by atoms with Gasteiger partial charge in [0.15, 0.2) is 13.8 Å². The van der Waals surface area contributed by atoms with E-state index in [0.29, 0.717) is 16.8 Å². The molecule has 0 radical (unpaired) electrons. The van der Waals surface area contributed by atoms with Crippen molar-refractivity contribution in [3.05, 3.63) is 192 Å². The molecule has 8 rings (SSSR count). The quantitative estimate of drug-likeness (QED) is 0.104. The average Bonchev–Trinajstić information content (AvgIpc) is 3.52. The Morgan fingerprint density at radius 2 is 1.10 bits per heavy atom. The lowest BCUT2D eigenvalue weighted by Gasteiger charge is -2.35. The van der Waals surface area contributed by atoms with Crippen molar-refractivity contribution in [1.82, 2.24) is 4.57 Å². The number of hydrogen-bond donors (Lipinski definition) is 0. The van der Waals surface area contributed by atoms with Crippen molar-refractivity contribution in [2.45, 2.75) is 0 Å². The highest BCUT2D eigenvalue weighted by Crippen LogP contribution is 2.36. The van der Waals surface area contributed by atoms with Crippen LogP contribution in [0.1, 0.15) is 11.1 Å². The Kier molecular flexibility index (Phi) is 7.63. The molecule has 5 heteroatoms. The number of aromatic nitrogens is 1. The molecule has 0 aliphatic heterocycles. The first kappa shape index (κ1) is 30.4. The maximum Gasteiger partial charge on any atom is 0.188 e. The Hall–Kier alpha value is -6.97. The van der Waals surface area contributed by atoms with E-state index in [4.69, 9.17) is 6.57 Å². The summed E-state index contributed by atoms with van der Waals surface area (Å²) in [5, 5.41) is 27.2. The first-order chi connectivity index (χ1) is 24.7. The summed E-state index contributed by atoms with van der Waals surface area (Å²) in [6, 6.07) is 62.9. The lowest BCUT2D eigenvalue weighted by molar-refractivity contribution is 1.18. The second kappa shape index (κ2) is 12.6. The highest BCUT2D eigenvalue weighted by molar-refractivity contribution is 7.20. The predicted molar refractivity (Wildman–Crippen MR) is 206 cm³/mol. The van der Waals surface area contributed by atoms with Crippen LogP contribution in [0.5, 0.6) is 0 Å². The van der Waals surface area contributed by atoms with Crippen LogP contribution in [0, 0.1) is 29.2 Å². The van der Waals surface area contributed by atoms with Crippen molar-refractivity contribution >= 4 is 56.3 Å². The van der Waals surface area contributed by atoms with Crippen molar-refractivity contribution in [3.63, 3.8) is 0 Å². The molecule has 0 N–H and O–H groups in total. The van der Waals surface area contributed by atoms with E-state index in [1.165, 1.54) is 15.6 Å². The second-order valence-electron chi connectivity index (χ2n) is 12.2. The molecule has 1 aromatic heterocycles. The summed E-state index contributed by atoms with van der Waals surface area (Å²) >= 11 is 0. The fraction of sp³-hybridized carbons (Fsp3) is 0. The zero-order valence-corrected chi connectivity index (χ0v) is 28.0. The number of fused-ring (bicyclic) bond motifs is 3. The van der Waals surface area contributed by atoms with Crippen molar-refractivity contribution in [2.24, 2.45) is 0 Å². The standard InChI is InChI=1S/C45H28N4Si/c1-48-34-23-27-44-41(29-34)40-28-32(30-46)20-26-43(40)49(44)35-24-21-33(22-25-35)39-18-11-19-45(42(39)31-47)50(36-12-5-2-6-13-36,37-14-7-3-8-15-37)38-16-9-4-10-17-38/h2-29H. The van der Waals surface area contributed by atoms with Crippen LogP contribution in [0.4, 0.5) is 5.69 Å². The van der Waals surface area contributed by atoms with Crippen LogP contribution in [0.2, 0.25) is 0 Å². The Balaban J connectivity index is 1.33. The van der Waals surface area contributed by atoms with Crippen LogP contribution in [0.15, 0.2) is 170 Å². The van der Waals surface area contributed by atoms with E-state index in [2.05, 4.69) is 131 Å². The summed E-state index contributed by atoms with van der Waals surface area (Å²) in [5.74, 6) is 0. The predicted octanol–water partition coefficient (Wildman–Crippen LogP) is 8.12. The molecule has 0 amide bonds. The summed E-state index contributed by atoms with van der Waals surface area (Å²) in [5.41, 5.74) is 6.51. The molecule has 0 bridgehead atoms. The number of rotatable bonds is 6. The third-order valence-corrected chi connectivity index (χ3v) is 14.5. The van der Waals surface area contributed by atoms with Crippen molar-refractivity contribution < 1.29 is 0 Å². The van der Waals surface area contributed by atoms with E-state index in [1.807, 2.05) is 60.7 Å². The van der Waals surface area contributed by atoms with Gasteiger partial charge < -0.3 is 4.57 Å². The van der Waals surface area contributed by atoms with Gasteiger partial charge in [0.2, 0.25) is 0 Å². The average molecular weight is 653 g/mol. The Morgan fingerprint density at radius 1 is 0.540 bits per heavy atom. The maximum absolute atomic E-state index is 11.0. The molecule has 0 aliphatic carbocycles. The molecule has 0 saturated carbocycles. The lowest BCUT2D eigenvalue weighted by atomic mass is 10.00. The van der Waals surface area contributed by atoms with Crippen LogP contribution in [0.25, 0.3) is 43.5 Å². The van der Waals surface area contributed by atoms with E-state index in [9.17, 15) is 10.5 Å². The molecule has 232 valence electrons. The molecule has 0 spiro atoms. The van der Waals surface area contributed by atoms with E-state index in [-0.39, 0.29) is 0 Å². The van der Waals surface area contributed by atoms with Gasteiger partial charge in [-0.2, -0.15) is 10.5 Å². The third kappa shape index (κ3) is 4.80. The zero-order chi connectivity index (χ0) is 34.1. The number of benzene rings is 7. The molecular weight excluding hydrogens is 625 g/mol. The van der Waals surface area contributed by atoms with E-state index >= 15 is 0 Å². The molecule has 0 saturated heterocycles. The summed E-state index contributed by atoms with van der Waals surface area (Å²) in [6.07, 6.45) is 0. The van der Waals surface area contributed by atoms with E-state index < -0.39 is 8.07 Å². The Labute approximate surface area is 291 Å². The van der Waals surface area contributed by atoms with Gasteiger partial charge in [-0.1, -0.05) is 127 Å². The molecule has 8 aromatic rings. The van der Waals surface area contributed by atoms with Crippen molar-refractivity contribution in [3.8, 4) is 29.0 Å². The number of nitriles is 2. The van der Waals surface area contributed by atoms with Crippen LogP contribution in [-0.4, -0.2) is 12.6 Å². The van der Waals surface area contributed by atoms with Gasteiger partial charge >= 0.3 is 0 Å². The minimum atomic E-state index is -2.93. The molecule has 0 atom stereocenters. The molecule has 0 unspecified atom stereocenters. The molecule has 0 aliphatic rings. The topological polar surface area (TPSA) is 56.9 Å². The summed E-state index contributed by atoms with van der Waals surface area (Å²) in [6.45, 7) is 7.56. The van der Waals surface area contributed by atoms with Gasteiger partial charge in [0, 0.05) is 11.1 Å². The van der Waals surface area contributed by atoms with Crippen LogP contribution in [-0.2, 0) is 0 Å². The van der Waals surface area contributed by atoms with Gasteiger partial charge in [-0.05, 0) is 79.7 Å². The van der Waals surface area contributed by atoms with Gasteiger partial charge in [0.1, 0.15) is 0 Å².